The summed E-state index contributed by atoms with van der Waals surface area (Å²) in [5.41, 5.74) is 0. The zero-order valence-corrected chi connectivity index (χ0v) is 9.25. The first-order valence-electron chi connectivity index (χ1n) is 4.05. The monoisotopic (exact) mass is 246 g/mol. The van der Waals surface area contributed by atoms with Gasteiger partial charge in [-0.25, -0.2) is 9.37 Å². The van der Waals surface area contributed by atoms with Crippen molar-refractivity contribution in [2.45, 2.75) is 13.0 Å². The van der Waals surface area contributed by atoms with Crippen molar-refractivity contribution < 1.29 is 4.39 Å². The fraction of sp³-hybridized carbons (Fsp3) is 0.444. The minimum absolute atomic E-state index is 0.302. The largest absolute Gasteiger partial charge is 0.356 e. The quantitative estimate of drug-likeness (QED) is 0.762. The van der Waals surface area contributed by atoms with E-state index in [9.17, 15) is 4.39 Å². The summed E-state index contributed by atoms with van der Waals surface area (Å²) in [6.07, 6.45) is 1.23. The predicted octanol–water partition coefficient (Wildman–Crippen LogP) is 2.44. The van der Waals surface area contributed by atoms with E-state index >= 15 is 0 Å². The van der Waals surface area contributed by atoms with Gasteiger partial charge in [-0.05, 0) is 19.1 Å². The van der Waals surface area contributed by atoms with Gasteiger partial charge in [0.1, 0.15) is 11.6 Å². The number of hydrogen-bond acceptors (Lipinski definition) is 2. The molecule has 0 N–H and O–H groups in total. The molecule has 72 valence electrons. The standard InChI is InChI=1S/C9H12BrFN2/c1-7(5-10)13(2)9-4-3-8(11)6-12-9/h3-4,6-7H,5H2,1-2H3. The van der Waals surface area contributed by atoms with Crippen LogP contribution in [0.3, 0.4) is 0 Å². The van der Waals surface area contributed by atoms with Gasteiger partial charge in [0, 0.05) is 18.4 Å². The Morgan fingerprint density at radius 2 is 2.31 bits per heavy atom. The molecule has 2 nitrogen and oxygen atoms in total. The zero-order valence-electron chi connectivity index (χ0n) is 7.67. The molecule has 0 saturated carbocycles. The fourth-order valence-electron chi connectivity index (χ4n) is 0.906. The van der Waals surface area contributed by atoms with Crippen LogP contribution in [-0.2, 0) is 0 Å². The maximum atomic E-state index is 12.5. The molecule has 1 aromatic rings. The average Bonchev–Trinajstić information content (AvgIpc) is 2.17. The molecule has 0 saturated heterocycles. The number of pyridine rings is 1. The molecular weight excluding hydrogens is 235 g/mol. The van der Waals surface area contributed by atoms with Crippen LogP contribution in [0.1, 0.15) is 6.92 Å². The third-order valence-corrected chi connectivity index (χ3v) is 2.89. The number of anilines is 1. The minimum atomic E-state index is -0.302. The number of hydrogen-bond donors (Lipinski definition) is 0. The Bertz CT molecular complexity index is 263. The molecule has 1 unspecified atom stereocenters. The summed E-state index contributed by atoms with van der Waals surface area (Å²) >= 11 is 3.38. The lowest BCUT2D eigenvalue weighted by atomic mass is 10.3. The van der Waals surface area contributed by atoms with Crippen LogP contribution in [0.2, 0.25) is 0 Å². The van der Waals surface area contributed by atoms with E-state index in [1.165, 1.54) is 12.3 Å². The van der Waals surface area contributed by atoms with Crippen molar-refractivity contribution in [2.75, 3.05) is 17.3 Å². The van der Waals surface area contributed by atoms with Crippen LogP contribution in [0.25, 0.3) is 0 Å². The zero-order chi connectivity index (χ0) is 9.84. The molecule has 1 heterocycles. The molecule has 0 spiro atoms. The van der Waals surface area contributed by atoms with E-state index in [1.54, 1.807) is 6.07 Å². The second-order valence-corrected chi connectivity index (χ2v) is 3.60. The molecule has 0 radical (unpaired) electrons. The van der Waals surface area contributed by atoms with Crippen molar-refractivity contribution in [1.82, 2.24) is 4.98 Å². The molecule has 1 atom stereocenters. The summed E-state index contributed by atoms with van der Waals surface area (Å²) < 4.78 is 12.5. The number of nitrogens with zero attached hydrogens (tertiary/aromatic N) is 2. The Hall–Kier alpha value is -0.640. The second-order valence-electron chi connectivity index (χ2n) is 2.95. The Morgan fingerprint density at radius 1 is 1.62 bits per heavy atom. The van der Waals surface area contributed by atoms with Gasteiger partial charge in [0.25, 0.3) is 0 Å². The van der Waals surface area contributed by atoms with Crippen LogP contribution in [0.15, 0.2) is 18.3 Å². The lowest BCUT2D eigenvalue weighted by Crippen LogP contribution is -2.30. The molecular formula is C9H12BrFN2. The van der Waals surface area contributed by atoms with Crippen LogP contribution >= 0.6 is 15.9 Å². The fourth-order valence-corrected chi connectivity index (χ4v) is 1.34. The van der Waals surface area contributed by atoms with Crippen molar-refractivity contribution >= 4 is 21.7 Å². The van der Waals surface area contributed by atoms with Gasteiger partial charge in [-0.15, -0.1) is 0 Å². The van der Waals surface area contributed by atoms with Crippen LogP contribution in [0, 0.1) is 5.82 Å². The van der Waals surface area contributed by atoms with Crippen molar-refractivity contribution in [1.29, 1.82) is 0 Å². The molecule has 0 aliphatic heterocycles. The molecule has 0 fully saturated rings. The maximum Gasteiger partial charge on any atom is 0.141 e. The molecule has 1 rings (SSSR count). The van der Waals surface area contributed by atoms with E-state index in [0.29, 0.717) is 6.04 Å². The molecule has 13 heavy (non-hydrogen) atoms. The van der Waals surface area contributed by atoms with E-state index in [-0.39, 0.29) is 5.82 Å². The summed E-state index contributed by atoms with van der Waals surface area (Å²) in [6, 6.07) is 3.44. The first-order chi connectivity index (χ1) is 6.15. The van der Waals surface area contributed by atoms with E-state index in [2.05, 4.69) is 27.8 Å². The van der Waals surface area contributed by atoms with Gasteiger partial charge in [0.2, 0.25) is 0 Å². The van der Waals surface area contributed by atoms with Crippen molar-refractivity contribution in [3.05, 3.63) is 24.1 Å². The predicted molar refractivity (Wildman–Crippen MR) is 55.9 cm³/mol. The SMILES string of the molecule is CC(CBr)N(C)c1ccc(F)cn1. The minimum Gasteiger partial charge on any atom is -0.356 e. The molecule has 1 aromatic heterocycles. The van der Waals surface area contributed by atoms with Crippen LogP contribution in [-0.4, -0.2) is 23.4 Å². The Labute approximate surface area is 85.9 Å². The van der Waals surface area contributed by atoms with Crippen molar-refractivity contribution in [3.8, 4) is 0 Å². The van der Waals surface area contributed by atoms with Crippen molar-refractivity contribution in [2.24, 2.45) is 0 Å². The molecule has 0 amide bonds. The van der Waals surface area contributed by atoms with Crippen LogP contribution in [0.4, 0.5) is 10.2 Å². The first kappa shape index (κ1) is 10.4. The summed E-state index contributed by atoms with van der Waals surface area (Å²) in [5, 5.41) is 0.864. The molecule has 0 aliphatic rings. The van der Waals surface area contributed by atoms with Crippen LogP contribution < -0.4 is 4.90 Å². The summed E-state index contributed by atoms with van der Waals surface area (Å²) in [4.78, 5) is 5.97. The highest BCUT2D eigenvalue weighted by Crippen LogP contribution is 2.12. The average molecular weight is 247 g/mol. The summed E-state index contributed by atoms with van der Waals surface area (Å²) in [6.45, 7) is 2.07. The third kappa shape index (κ3) is 2.66. The highest BCUT2D eigenvalue weighted by molar-refractivity contribution is 9.09. The number of alkyl halides is 1. The smallest absolute Gasteiger partial charge is 0.141 e. The van der Waals surface area contributed by atoms with Gasteiger partial charge in [-0.2, -0.15) is 0 Å². The van der Waals surface area contributed by atoms with Gasteiger partial charge in [0.05, 0.1) is 6.20 Å². The van der Waals surface area contributed by atoms with E-state index in [4.69, 9.17) is 0 Å². The lowest BCUT2D eigenvalue weighted by molar-refractivity contribution is 0.619. The van der Waals surface area contributed by atoms with Crippen LogP contribution in [0.5, 0.6) is 0 Å². The molecule has 0 aromatic carbocycles. The van der Waals surface area contributed by atoms with Gasteiger partial charge >= 0.3 is 0 Å². The first-order valence-corrected chi connectivity index (χ1v) is 5.17. The van der Waals surface area contributed by atoms with Gasteiger partial charge < -0.3 is 4.90 Å². The van der Waals surface area contributed by atoms with Gasteiger partial charge in [-0.1, -0.05) is 15.9 Å². The topological polar surface area (TPSA) is 16.1 Å². The van der Waals surface area contributed by atoms with Crippen molar-refractivity contribution in [3.63, 3.8) is 0 Å². The Kier molecular flexibility index (Phi) is 3.66. The number of aromatic nitrogens is 1. The Morgan fingerprint density at radius 3 is 2.77 bits per heavy atom. The molecule has 0 aliphatic carbocycles. The normalized spacial score (nSPS) is 12.6. The molecule has 0 bridgehead atoms. The van der Waals surface area contributed by atoms with Gasteiger partial charge in [0.15, 0.2) is 0 Å². The van der Waals surface area contributed by atoms with E-state index < -0.39 is 0 Å². The van der Waals surface area contributed by atoms with E-state index in [0.717, 1.165) is 11.1 Å². The maximum absolute atomic E-state index is 12.5. The highest BCUT2D eigenvalue weighted by atomic mass is 79.9. The summed E-state index contributed by atoms with van der Waals surface area (Å²) in [5.74, 6) is 0.483. The summed E-state index contributed by atoms with van der Waals surface area (Å²) in [7, 11) is 1.94. The second kappa shape index (κ2) is 4.56. The highest BCUT2D eigenvalue weighted by Gasteiger charge is 2.08. The lowest BCUT2D eigenvalue weighted by Gasteiger charge is -2.23. The Balaban J connectivity index is 2.77. The number of rotatable bonds is 3. The number of halogens is 2. The van der Waals surface area contributed by atoms with Gasteiger partial charge in [-0.3, -0.25) is 0 Å². The van der Waals surface area contributed by atoms with E-state index in [1.807, 2.05) is 11.9 Å². The molecule has 4 heteroatoms. The third-order valence-electron chi connectivity index (χ3n) is 1.96.